The second-order valence-corrected chi connectivity index (χ2v) is 4.48. The van der Waals surface area contributed by atoms with Gasteiger partial charge in [0.05, 0.1) is 5.60 Å². The molecule has 0 bridgehead atoms. The minimum Gasteiger partial charge on any atom is -0.389 e. The van der Waals surface area contributed by atoms with Gasteiger partial charge in [0.1, 0.15) is 0 Å². The van der Waals surface area contributed by atoms with Crippen LogP contribution in [0.15, 0.2) is 0 Å². The minimum absolute atomic E-state index is 0.412. The van der Waals surface area contributed by atoms with Gasteiger partial charge in [-0.1, -0.05) is 12.8 Å². The van der Waals surface area contributed by atoms with E-state index in [4.69, 9.17) is 6.42 Å². The van der Waals surface area contributed by atoms with Gasteiger partial charge in [-0.2, -0.15) is 0 Å². The van der Waals surface area contributed by atoms with Gasteiger partial charge in [-0.3, -0.25) is 0 Å². The number of terminal acetylenes is 1. The molecule has 0 aromatic heterocycles. The van der Waals surface area contributed by atoms with Gasteiger partial charge in [0, 0.05) is 13.0 Å². The lowest BCUT2D eigenvalue weighted by molar-refractivity contribution is 0.0163. The fraction of sp³-hybridized carbons (Fsp3) is 0.833. The van der Waals surface area contributed by atoms with Gasteiger partial charge in [0.2, 0.25) is 0 Å². The van der Waals surface area contributed by atoms with Crippen molar-refractivity contribution >= 4 is 0 Å². The average molecular weight is 195 g/mol. The van der Waals surface area contributed by atoms with E-state index in [2.05, 4.69) is 17.9 Å². The summed E-state index contributed by atoms with van der Waals surface area (Å²) in [5, 5.41) is 10.1. The van der Waals surface area contributed by atoms with Gasteiger partial charge in [0.15, 0.2) is 0 Å². The molecule has 2 heteroatoms. The molecule has 1 N–H and O–H groups in total. The van der Waals surface area contributed by atoms with Crippen molar-refractivity contribution in [3.8, 4) is 12.3 Å². The highest BCUT2D eigenvalue weighted by molar-refractivity contribution is 4.87. The number of likely N-dealkylation sites (N-methyl/N-ethyl adjacent to an activating group) is 1. The average Bonchev–Trinajstić information content (AvgIpc) is 2.52. The molecule has 0 spiro atoms. The zero-order valence-electron chi connectivity index (χ0n) is 9.13. The van der Waals surface area contributed by atoms with Gasteiger partial charge in [-0.05, 0) is 32.9 Å². The highest BCUT2D eigenvalue weighted by Crippen LogP contribution is 2.29. The highest BCUT2D eigenvalue weighted by atomic mass is 16.3. The molecule has 80 valence electrons. The summed E-state index contributed by atoms with van der Waals surface area (Å²) in [6.07, 6.45) is 11.3. The zero-order valence-corrected chi connectivity index (χ0v) is 9.13. The van der Waals surface area contributed by atoms with E-state index in [1.807, 2.05) is 0 Å². The van der Waals surface area contributed by atoms with Crippen LogP contribution in [-0.2, 0) is 0 Å². The van der Waals surface area contributed by atoms with E-state index in [1.165, 1.54) is 12.8 Å². The number of nitrogens with zero attached hydrogens (tertiary/aromatic N) is 1. The van der Waals surface area contributed by atoms with Crippen LogP contribution in [0.2, 0.25) is 0 Å². The molecule has 1 saturated carbocycles. The molecule has 1 rings (SSSR count). The van der Waals surface area contributed by atoms with Crippen LogP contribution in [0.5, 0.6) is 0 Å². The van der Waals surface area contributed by atoms with Crippen LogP contribution in [0.25, 0.3) is 0 Å². The smallest absolute Gasteiger partial charge is 0.0774 e. The Kier molecular flexibility index (Phi) is 4.44. The molecule has 1 fully saturated rings. The Morgan fingerprint density at radius 3 is 2.64 bits per heavy atom. The number of unbranched alkanes of at least 4 members (excludes halogenated alkanes) is 1. The summed E-state index contributed by atoms with van der Waals surface area (Å²) in [5.41, 5.74) is -0.412. The lowest BCUT2D eigenvalue weighted by atomic mass is 10.0. The van der Waals surface area contributed by atoms with E-state index >= 15 is 0 Å². The third-order valence-electron chi connectivity index (χ3n) is 2.96. The van der Waals surface area contributed by atoms with Gasteiger partial charge < -0.3 is 10.0 Å². The van der Waals surface area contributed by atoms with Crippen LogP contribution in [0, 0.1) is 12.3 Å². The van der Waals surface area contributed by atoms with Crippen LogP contribution < -0.4 is 0 Å². The van der Waals surface area contributed by atoms with Crippen LogP contribution in [0.3, 0.4) is 0 Å². The van der Waals surface area contributed by atoms with E-state index in [0.717, 1.165) is 38.8 Å². The second kappa shape index (κ2) is 5.38. The van der Waals surface area contributed by atoms with E-state index in [9.17, 15) is 5.11 Å². The Labute approximate surface area is 87.3 Å². The van der Waals surface area contributed by atoms with Crippen molar-refractivity contribution in [2.24, 2.45) is 0 Å². The Balaban J connectivity index is 2.19. The fourth-order valence-corrected chi connectivity index (χ4v) is 2.22. The minimum atomic E-state index is -0.412. The van der Waals surface area contributed by atoms with E-state index in [1.54, 1.807) is 0 Å². The fourth-order valence-electron chi connectivity index (χ4n) is 2.22. The van der Waals surface area contributed by atoms with Crippen molar-refractivity contribution in [3.05, 3.63) is 0 Å². The number of aliphatic hydroxyl groups is 1. The van der Waals surface area contributed by atoms with Crippen LogP contribution in [0.4, 0.5) is 0 Å². The maximum Gasteiger partial charge on any atom is 0.0774 e. The third kappa shape index (κ3) is 3.69. The van der Waals surface area contributed by atoms with Gasteiger partial charge in [-0.15, -0.1) is 12.3 Å². The van der Waals surface area contributed by atoms with Gasteiger partial charge in [0.25, 0.3) is 0 Å². The molecule has 0 amide bonds. The predicted molar refractivity (Wildman–Crippen MR) is 59.0 cm³/mol. The summed E-state index contributed by atoms with van der Waals surface area (Å²) in [6.45, 7) is 1.80. The Hall–Kier alpha value is -0.520. The molecule has 0 atom stereocenters. The molecule has 1 aliphatic carbocycles. The molecule has 0 aromatic rings. The molecule has 0 aromatic carbocycles. The summed E-state index contributed by atoms with van der Waals surface area (Å²) in [5.74, 6) is 2.64. The predicted octanol–water partition coefficient (Wildman–Crippen LogP) is 1.64. The zero-order chi connectivity index (χ0) is 10.4. The Morgan fingerprint density at radius 1 is 1.43 bits per heavy atom. The van der Waals surface area contributed by atoms with E-state index in [-0.39, 0.29) is 0 Å². The second-order valence-electron chi connectivity index (χ2n) is 4.48. The summed E-state index contributed by atoms with van der Waals surface area (Å²) < 4.78 is 0. The van der Waals surface area contributed by atoms with Crippen molar-refractivity contribution in [2.75, 3.05) is 20.1 Å². The third-order valence-corrected chi connectivity index (χ3v) is 2.96. The molecule has 0 radical (unpaired) electrons. The standard InChI is InChI=1S/C12H21NO/c1-3-4-7-10-13(2)11-12(14)8-5-6-9-12/h1,14H,4-11H2,2H3. The van der Waals surface area contributed by atoms with Crippen LogP contribution in [-0.4, -0.2) is 35.7 Å². The summed E-state index contributed by atoms with van der Waals surface area (Å²) in [7, 11) is 2.06. The molecule has 0 aliphatic heterocycles. The molecule has 0 heterocycles. The molecular weight excluding hydrogens is 174 g/mol. The van der Waals surface area contributed by atoms with E-state index in [0.29, 0.717) is 0 Å². The lowest BCUT2D eigenvalue weighted by Gasteiger charge is -2.28. The molecule has 14 heavy (non-hydrogen) atoms. The maximum atomic E-state index is 10.1. The van der Waals surface area contributed by atoms with Crippen molar-refractivity contribution in [3.63, 3.8) is 0 Å². The Morgan fingerprint density at radius 2 is 2.07 bits per heavy atom. The number of hydrogen-bond acceptors (Lipinski definition) is 2. The summed E-state index contributed by atoms with van der Waals surface area (Å²) >= 11 is 0. The van der Waals surface area contributed by atoms with Crippen molar-refractivity contribution in [1.29, 1.82) is 0 Å². The maximum absolute atomic E-state index is 10.1. The normalized spacial score (nSPS) is 19.9. The number of rotatable bonds is 5. The first-order valence-corrected chi connectivity index (χ1v) is 5.51. The van der Waals surface area contributed by atoms with Crippen LogP contribution >= 0.6 is 0 Å². The van der Waals surface area contributed by atoms with Crippen molar-refractivity contribution in [2.45, 2.75) is 44.1 Å². The summed E-state index contributed by atoms with van der Waals surface area (Å²) in [4.78, 5) is 2.20. The first-order chi connectivity index (χ1) is 6.66. The molecule has 0 unspecified atom stereocenters. The SMILES string of the molecule is C#CCCCN(C)CC1(O)CCCC1. The first kappa shape index (κ1) is 11.6. The molecule has 1 aliphatic rings. The molecular formula is C12H21NO. The first-order valence-electron chi connectivity index (χ1n) is 5.51. The van der Waals surface area contributed by atoms with Crippen LogP contribution in [0.1, 0.15) is 38.5 Å². The molecule has 2 nitrogen and oxygen atoms in total. The number of hydrogen-bond donors (Lipinski definition) is 1. The quantitative estimate of drug-likeness (QED) is 0.532. The highest BCUT2D eigenvalue weighted by Gasteiger charge is 2.31. The largest absolute Gasteiger partial charge is 0.389 e. The Bertz CT molecular complexity index is 201. The van der Waals surface area contributed by atoms with E-state index < -0.39 is 5.60 Å². The topological polar surface area (TPSA) is 23.5 Å². The van der Waals surface area contributed by atoms with Crippen molar-refractivity contribution < 1.29 is 5.11 Å². The summed E-state index contributed by atoms with van der Waals surface area (Å²) in [6, 6.07) is 0. The van der Waals surface area contributed by atoms with Gasteiger partial charge in [-0.25, -0.2) is 0 Å². The van der Waals surface area contributed by atoms with Gasteiger partial charge >= 0.3 is 0 Å². The van der Waals surface area contributed by atoms with Crippen molar-refractivity contribution in [1.82, 2.24) is 4.90 Å². The lowest BCUT2D eigenvalue weighted by Crippen LogP contribution is -2.39. The monoisotopic (exact) mass is 195 g/mol. The molecule has 0 saturated heterocycles.